The quantitative estimate of drug-likeness (QED) is 0.505. The van der Waals surface area contributed by atoms with Crippen LogP contribution in [0.15, 0.2) is 0 Å². The van der Waals surface area contributed by atoms with Crippen LogP contribution in [0.2, 0.25) is 0 Å². The molecule has 0 rings (SSSR count). The van der Waals surface area contributed by atoms with Gasteiger partial charge in [-0.05, 0) is 0 Å². The van der Waals surface area contributed by atoms with E-state index in [0.29, 0.717) is 0 Å². The Kier molecular flexibility index (Phi) is 3.01. The van der Waals surface area contributed by atoms with Crippen molar-refractivity contribution in [2.75, 3.05) is 19.6 Å². The molecule has 0 saturated heterocycles. The molecule has 0 heterocycles. The van der Waals surface area contributed by atoms with E-state index >= 15 is 0 Å². The van der Waals surface area contributed by atoms with Gasteiger partial charge in [0.1, 0.15) is 0 Å². The molecule has 0 aromatic heterocycles. The molecule has 6 heavy (non-hydrogen) atoms. The van der Waals surface area contributed by atoms with Crippen LogP contribution in [0, 0.1) is 0 Å². The molecule has 1 atom stereocenters. The molecule has 0 aromatic rings. The van der Waals surface area contributed by atoms with Gasteiger partial charge in [0.25, 0.3) is 0 Å². The summed E-state index contributed by atoms with van der Waals surface area (Å²) in [5.41, 5.74) is 0. The molecule has 0 aliphatic carbocycles. The average Bonchev–Trinajstić information content (AvgIpc) is 1.35. The molecule has 3 heteroatoms. The Morgan fingerprint density at radius 3 is 1.67 bits per heavy atom. The second-order valence-corrected chi connectivity index (χ2v) is 15.4. The summed E-state index contributed by atoms with van der Waals surface area (Å²) in [6, 6.07) is 0. The third-order valence-electron chi connectivity index (χ3n) is 0.526. The van der Waals surface area contributed by atoms with Crippen LogP contribution in [-0.2, 0) is 0 Å². The van der Waals surface area contributed by atoms with Crippen molar-refractivity contribution in [1.29, 1.82) is 0 Å². The van der Waals surface area contributed by atoms with Gasteiger partial charge in [0.15, 0.2) is 0 Å². The zero-order valence-corrected chi connectivity index (χ0v) is 7.46. The van der Waals surface area contributed by atoms with E-state index in [9.17, 15) is 0 Å². The zero-order chi connectivity index (χ0) is 5.21. The summed E-state index contributed by atoms with van der Waals surface area (Å²) in [4.78, 5) is 0. The molecular weight excluding hydrogens is 130 g/mol. The van der Waals surface area contributed by atoms with Gasteiger partial charge >= 0.3 is 46.0 Å². The van der Waals surface area contributed by atoms with E-state index in [1.807, 2.05) is 11.4 Å². The summed E-state index contributed by atoms with van der Waals surface area (Å²) >= 11 is 1.98. The van der Waals surface area contributed by atoms with Crippen LogP contribution in [0.25, 0.3) is 0 Å². The van der Waals surface area contributed by atoms with Crippen LogP contribution < -0.4 is 0 Å². The van der Waals surface area contributed by atoms with Crippen LogP contribution in [-0.4, -0.2) is 19.6 Å². The minimum absolute atomic E-state index is 0.798. The van der Waals surface area contributed by atoms with Gasteiger partial charge < -0.3 is 0 Å². The standard InChI is InChI=1S/C3H12P2S/c1-5(2,4)6-3/h5H,4H2,1-3H3. The Bertz CT molecular complexity index is 38.5. The Balaban J connectivity index is 3.17. The Hall–Kier alpha value is 1.21. The number of rotatable bonds is 1. The van der Waals surface area contributed by atoms with E-state index in [2.05, 4.69) is 28.5 Å². The summed E-state index contributed by atoms with van der Waals surface area (Å²) in [5.74, 6) is 0. The normalized spacial score (nSPS) is 14.7. The molecule has 0 aliphatic rings. The molecule has 0 spiro atoms. The molecule has 0 saturated carbocycles. The first kappa shape index (κ1) is 7.21. The Labute approximate surface area is 46.7 Å². The summed E-state index contributed by atoms with van der Waals surface area (Å²) in [6.07, 6.45) is 1.37. The molecule has 0 fully saturated rings. The summed E-state index contributed by atoms with van der Waals surface area (Å²) in [7, 11) is 2.89. The first-order valence-electron chi connectivity index (χ1n) is 1.90. The van der Waals surface area contributed by atoms with Crippen molar-refractivity contribution in [3.63, 3.8) is 0 Å². The SMILES string of the molecule is CS[PH](C)(C)P. The topological polar surface area (TPSA) is 0 Å². The zero-order valence-electron chi connectivity index (χ0n) is 4.49. The first-order valence-corrected chi connectivity index (χ1v) is 8.66. The predicted octanol–water partition coefficient (Wildman–Crippen LogP) is 2.06. The van der Waals surface area contributed by atoms with Crippen LogP contribution in [0.1, 0.15) is 0 Å². The molecule has 0 N–H and O–H groups in total. The van der Waals surface area contributed by atoms with Gasteiger partial charge in [0.05, 0.1) is 0 Å². The number of hydrogen-bond acceptors (Lipinski definition) is 1. The Morgan fingerprint density at radius 1 is 1.50 bits per heavy atom. The van der Waals surface area contributed by atoms with Crippen molar-refractivity contribution in [3.8, 4) is 0 Å². The van der Waals surface area contributed by atoms with E-state index in [1.54, 1.807) is 0 Å². The van der Waals surface area contributed by atoms with Crippen molar-refractivity contribution in [2.45, 2.75) is 0 Å². The molecule has 1 unspecified atom stereocenters. The predicted molar refractivity (Wildman–Crippen MR) is 43.4 cm³/mol. The molecule has 40 valence electrons. The van der Waals surface area contributed by atoms with Gasteiger partial charge in [-0.25, -0.2) is 0 Å². The van der Waals surface area contributed by atoms with Crippen molar-refractivity contribution in [1.82, 2.24) is 0 Å². The van der Waals surface area contributed by atoms with E-state index in [0.717, 1.165) is 0 Å². The maximum absolute atomic E-state index is 2.89. The van der Waals surface area contributed by atoms with Gasteiger partial charge in [-0.3, -0.25) is 0 Å². The average molecular weight is 142 g/mol. The fourth-order valence-corrected chi connectivity index (χ4v) is 0. The number of hydrogen-bond donors (Lipinski definition) is 0. The molecule has 0 bridgehead atoms. The van der Waals surface area contributed by atoms with Crippen molar-refractivity contribution >= 4 is 26.5 Å². The van der Waals surface area contributed by atoms with E-state index in [-0.39, 0.29) is 0 Å². The van der Waals surface area contributed by atoms with E-state index in [1.165, 1.54) is 0 Å². The molecule has 0 amide bonds. The monoisotopic (exact) mass is 142 g/mol. The van der Waals surface area contributed by atoms with Crippen LogP contribution in [0.3, 0.4) is 0 Å². The van der Waals surface area contributed by atoms with Gasteiger partial charge in [0.2, 0.25) is 0 Å². The van der Waals surface area contributed by atoms with E-state index < -0.39 is 6.15 Å². The van der Waals surface area contributed by atoms with Crippen LogP contribution >= 0.6 is 26.5 Å². The Morgan fingerprint density at radius 2 is 1.67 bits per heavy atom. The van der Waals surface area contributed by atoms with E-state index in [4.69, 9.17) is 0 Å². The van der Waals surface area contributed by atoms with Crippen molar-refractivity contribution in [3.05, 3.63) is 0 Å². The minimum atomic E-state index is -0.798. The molecular formula is C3H12P2S. The van der Waals surface area contributed by atoms with Gasteiger partial charge in [0, 0.05) is 0 Å². The van der Waals surface area contributed by atoms with Gasteiger partial charge in [-0.2, -0.15) is 0 Å². The fourth-order valence-electron chi connectivity index (χ4n) is 0. The second kappa shape index (κ2) is 2.50. The molecule has 0 aromatic carbocycles. The van der Waals surface area contributed by atoms with Crippen LogP contribution in [0.5, 0.6) is 0 Å². The first-order chi connectivity index (χ1) is 2.56. The van der Waals surface area contributed by atoms with Crippen LogP contribution in [0.4, 0.5) is 0 Å². The van der Waals surface area contributed by atoms with Gasteiger partial charge in [-0.15, -0.1) is 0 Å². The summed E-state index contributed by atoms with van der Waals surface area (Å²) < 4.78 is 0. The van der Waals surface area contributed by atoms with Gasteiger partial charge in [-0.1, -0.05) is 0 Å². The third-order valence-corrected chi connectivity index (χ3v) is 6.86. The molecule has 0 radical (unpaired) electrons. The summed E-state index contributed by atoms with van der Waals surface area (Å²) in [6.45, 7) is 4.62. The van der Waals surface area contributed by atoms with Crippen molar-refractivity contribution in [2.24, 2.45) is 0 Å². The summed E-state index contributed by atoms with van der Waals surface area (Å²) in [5, 5.41) is 0. The second-order valence-electron chi connectivity index (χ2n) is 1.81. The third kappa shape index (κ3) is 5.21. The molecule has 0 nitrogen and oxygen atoms in total. The molecule has 0 aliphatic heterocycles. The van der Waals surface area contributed by atoms with Crippen molar-refractivity contribution < 1.29 is 0 Å². The fraction of sp³-hybridized carbons (Fsp3) is 1.00. The maximum atomic E-state index is 2.89.